The molecule has 3 fully saturated rings. The Morgan fingerprint density at radius 3 is 1.37 bits per heavy atom. The van der Waals surface area contributed by atoms with Gasteiger partial charge in [0.2, 0.25) is 17.7 Å². The fourth-order valence-corrected chi connectivity index (χ4v) is 5.28. The predicted molar refractivity (Wildman–Crippen MR) is 136 cm³/mol. The van der Waals surface area contributed by atoms with Gasteiger partial charge in [0.1, 0.15) is 73.1 Å². The Labute approximate surface area is 245 Å². The predicted octanol–water partition coefficient (Wildman–Crippen LogP) is -7.14. The standard InChI is InChI=1S/C24H41N3O16/c1-7(31)25-13-18(36)20(11(5-29)39-22(13)38)42-24-15(27-9(3)33)19(37)21(12(6-30)41-24)43-23-14(26-8(2)32)17(35)16(34)10(4-28)40-23/h10-24,28-30,34-38H,4-6H2,1-3H3,(H,25,31)(H,26,32)(H,27,33)/t10-,11-,12-,13+,14-,15-,16+,17+,18+,19+,20+,21+,22+,23-,24-/m0/s1. The average Bonchev–Trinajstić information content (AvgIpc) is 2.94. The Kier molecular flexibility index (Phi) is 12.5. The fourth-order valence-electron chi connectivity index (χ4n) is 5.28. The van der Waals surface area contributed by atoms with Crippen LogP contribution in [0.2, 0.25) is 0 Å². The molecule has 0 unspecified atom stereocenters. The second-order valence-electron chi connectivity index (χ2n) is 10.5. The number of carbonyl (C=O) groups excluding carboxylic acids is 3. The Morgan fingerprint density at radius 1 is 0.558 bits per heavy atom. The Balaban J connectivity index is 1.89. The molecule has 19 nitrogen and oxygen atoms in total. The summed E-state index contributed by atoms with van der Waals surface area (Å²) in [5.41, 5.74) is 0. The number of aliphatic hydroxyl groups excluding tert-OH is 8. The fraction of sp³-hybridized carbons (Fsp3) is 0.875. The van der Waals surface area contributed by atoms with Gasteiger partial charge in [-0.3, -0.25) is 14.4 Å². The molecule has 0 spiro atoms. The molecule has 11 N–H and O–H groups in total. The minimum absolute atomic E-state index is 0.628. The van der Waals surface area contributed by atoms with Crippen molar-refractivity contribution in [1.82, 2.24) is 16.0 Å². The van der Waals surface area contributed by atoms with Crippen molar-refractivity contribution in [2.75, 3.05) is 19.8 Å². The molecular weight excluding hydrogens is 586 g/mol. The molecule has 0 aromatic carbocycles. The van der Waals surface area contributed by atoms with Crippen molar-refractivity contribution in [1.29, 1.82) is 0 Å². The van der Waals surface area contributed by atoms with E-state index in [1.165, 1.54) is 0 Å². The average molecular weight is 628 g/mol. The van der Waals surface area contributed by atoms with Gasteiger partial charge in [-0.15, -0.1) is 0 Å². The van der Waals surface area contributed by atoms with Gasteiger partial charge in [-0.05, 0) is 0 Å². The molecule has 3 rings (SSSR count). The van der Waals surface area contributed by atoms with Crippen molar-refractivity contribution in [3.05, 3.63) is 0 Å². The highest BCUT2D eigenvalue weighted by Crippen LogP contribution is 2.32. The molecule has 19 heteroatoms. The largest absolute Gasteiger partial charge is 0.394 e. The van der Waals surface area contributed by atoms with Crippen molar-refractivity contribution in [3.8, 4) is 0 Å². The van der Waals surface area contributed by atoms with Crippen LogP contribution in [0.3, 0.4) is 0 Å². The first-order chi connectivity index (χ1) is 20.2. The van der Waals surface area contributed by atoms with Crippen molar-refractivity contribution in [3.63, 3.8) is 0 Å². The molecule has 0 radical (unpaired) electrons. The molecule has 0 bridgehead atoms. The minimum atomic E-state index is -1.77. The maximum Gasteiger partial charge on any atom is 0.217 e. The number of carbonyl (C=O) groups is 3. The van der Waals surface area contributed by atoms with Gasteiger partial charge in [-0.2, -0.15) is 0 Å². The minimum Gasteiger partial charge on any atom is -0.394 e. The first-order valence-electron chi connectivity index (χ1n) is 13.5. The summed E-state index contributed by atoms with van der Waals surface area (Å²) in [4.78, 5) is 35.5. The van der Waals surface area contributed by atoms with Gasteiger partial charge in [0.15, 0.2) is 18.9 Å². The molecule has 0 aromatic heterocycles. The lowest BCUT2D eigenvalue weighted by atomic mass is 9.93. The number of aliphatic hydroxyl groups is 8. The summed E-state index contributed by atoms with van der Waals surface area (Å²) in [6, 6.07) is -4.31. The van der Waals surface area contributed by atoms with Gasteiger partial charge < -0.3 is 80.5 Å². The van der Waals surface area contributed by atoms with E-state index >= 15 is 0 Å². The van der Waals surface area contributed by atoms with E-state index in [-0.39, 0.29) is 0 Å². The molecule has 43 heavy (non-hydrogen) atoms. The zero-order valence-electron chi connectivity index (χ0n) is 23.6. The van der Waals surface area contributed by atoms with E-state index in [4.69, 9.17) is 23.7 Å². The van der Waals surface area contributed by atoms with Crippen molar-refractivity contribution >= 4 is 17.7 Å². The molecule has 3 aliphatic heterocycles. The van der Waals surface area contributed by atoms with Gasteiger partial charge in [0.05, 0.1) is 19.8 Å². The number of amides is 3. The third-order valence-electron chi connectivity index (χ3n) is 7.30. The van der Waals surface area contributed by atoms with Crippen molar-refractivity contribution in [2.45, 2.75) is 113 Å². The topological polar surface area (TPSA) is 295 Å². The summed E-state index contributed by atoms with van der Waals surface area (Å²) < 4.78 is 28.3. The van der Waals surface area contributed by atoms with Crippen LogP contribution >= 0.6 is 0 Å². The molecule has 0 aromatic rings. The summed E-state index contributed by atoms with van der Waals surface area (Å²) in [5, 5.41) is 90.0. The Morgan fingerprint density at radius 2 is 0.930 bits per heavy atom. The van der Waals surface area contributed by atoms with E-state index in [0.29, 0.717) is 0 Å². The zero-order chi connectivity index (χ0) is 32.2. The van der Waals surface area contributed by atoms with Crippen LogP contribution in [0.5, 0.6) is 0 Å². The Bertz CT molecular complexity index is 962. The number of hydrogen-bond donors (Lipinski definition) is 11. The molecular formula is C24H41N3O16. The second-order valence-corrected chi connectivity index (χ2v) is 10.5. The van der Waals surface area contributed by atoms with Gasteiger partial charge in [0.25, 0.3) is 0 Å². The highest BCUT2D eigenvalue weighted by molar-refractivity contribution is 5.74. The third-order valence-corrected chi connectivity index (χ3v) is 7.30. The van der Waals surface area contributed by atoms with Gasteiger partial charge in [0, 0.05) is 20.8 Å². The van der Waals surface area contributed by atoms with Crippen LogP contribution in [0.15, 0.2) is 0 Å². The van der Waals surface area contributed by atoms with Crippen molar-refractivity contribution in [2.24, 2.45) is 0 Å². The second kappa shape index (κ2) is 15.3. The van der Waals surface area contributed by atoms with E-state index in [0.717, 1.165) is 20.8 Å². The first-order valence-corrected chi connectivity index (χ1v) is 13.5. The van der Waals surface area contributed by atoms with E-state index in [9.17, 15) is 55.2 Å². The van der Waals surface area contributed by atoms with Crippen LogP contribution in [-0.2, 0) is 38.1 Å². The van der Waals surface area contributed by atoms with Crippen LogP contribution in [-0.4, -0.2) is 170 Å². The van der Waals surface area contributed by atoms with Gasteiger partial charge in [-0.1, -0.05) is 0 Å². The third kappa shape index (κ3) is 8.14. The molecule has 3 saturated heterocycles. The quantitative estimate of drug-likeness (QED) is 0.107. The first kappa shape index (κ1) is 35.4. The normalized spacial score (nSPS) is 43.5. The van der Waals surface area contributed by atoms with Crippen molar-refractivity contribution < 1.29 is 78.9 Å². The molecule has 0 aliphatic carbocycles. The van der Waals surface area contributed by atoms with Crippen LogP contribution in [0.1, 0.15) is 20.8 Å². The zero-order valence-corrected chi connectivity index (χ0v) is 23.6. The lowest BCUT2D eigenvalue weighted by Crippen LogP contribution is -2.71. The molecule has 3 heterocycles. The molecule has 3 aliphatic rings. The molecule has 15 atom stereocenters. The summed E-state index contributed by atoms with van der Waals surface area (Å²) >= 11 is 0. The number of ether oxygens (including phenoxy) is 5. The number of rotatable bonds is 10. The van der Waals surface area contributed by atoms with Crippen LogP contribution < -0.4 is 16.0 Å². The lowest BCUT2D eigenvalue weighted by Gasteiger charge is -2.49. The van der Waals surface area contributed by atoms with Crippen LogP contribution in [0.4, 0.5) is 0 Å². The molecule has 248 valence electrons. The van der Waals surface area contributed by atoms with E-state index in [1.807, 2.05) is 0 Å². The van der Waals surface area contributed by atoms with E-state index in [1.54, 1.807) is 0 Å². The lowest BCUT2D eigenvalue weighted by molar-refractivity contribution is -0.351. The number of nitrogens with one attached hydrogen (secondary N) is 3. The summed E-state index contributed by atoms with van der Waals surface area (Å²) in [5.74, 6) is -1.96. The summed E-state index contributed by atoms with van der Waals surface area (Å²) in [6.45, 7) is 0.995. The molecule has 0 saturated carbocycles. The van der Waals surface area contributed by atoms with Crippen LogP contribution in [0.25, 0.3) is 0 Å². The van der Waals surface area contributed by atoms with E-state index < -0.39 is 129 Å². The highest BCUT2D eigenvalue weighted by Gasteiger charge is 2.54. The highest BCUT2D eigenvalue weighted by atomic mass is 16.7. The SMILES string of the molecule is CC(=O)N[C@@H]1[C@H](O[C@H]2[C@H](O)[C@@H](NC(C)=O)[C@H](O)O[C@H]2CO)O[C@@H](CO)[C@@H](O[C@@H]2O[C@@H](CO)[C@@H](O)[C@H](O)[C@@H]2NC(C)=O)[C@@H]1O. The van der Waals surface area contributed by atoms with Gasteiger partial charge in [-0.25, -0.2) is 0 Å². The monoisotopic (exact) mass is 627 g/mol. The summed E-state index contributed by atoms with van der Waals surface area (Å²) in [7, 11) is 0. The summed E-state index contributed by atoms with van der Waals surface area (Å²) in [6.07, 6.45) is -19.0. The maximum absolute atomic E-state index is 12.1. The maximum atomic E-state index is 12.1. The molecule has 3 amide bonds. The van der Waals surface area contributed by atoms with E-state index in [2.05, 4.69) is 16.0 Å². The van der Waals surface area contributed by atoms with Crippen LogP contribution in [0, 0.1) is 0 Å². The Hall–Kier alpha value is -2.11. The smallest absolute Gasteiger partial charge is 0.217 e. The number of hydrogen-bond acceptors (Lipinski definition) is 16. The van der Waals surface area contributed by atoms with Gasteiger partial charge >= 0.3 is 0 Å².